The number of hydrogen-bond donors (Lipinski definition) is 0. The van der Waals surface area contributed by atoms with Crippen LogP contribution in [0.3, 0.4) is 0 Å². The molecule has 0 aromatic heterocycles. The second-order valence-electron chi connectivity index (χ2n) is 4.76. The molecule has 0 amide bonds. The summed E-state index contributed by atoms with van der Waals surface area (Å²) in [4.78, 5) is 24.1. The molecule has 0 N–H and O–H groups in total. The maximum atomic E-state index is 12.0. The molecule has 0 atom stereocenters. The fourth-order valence-corrected chi connectivity index (χ4v) is 1.90. The number of ether oxygens (including phenoxy) is 2. The number of carbonyl (C=O) groups is 2. The van der Waals surface area contributed by atoms with Gasteiger partial charge in [-0.15, -0.1) is 0 Å². The highest BCUT2D eigenvalue weighted by atomic mass is 16.7. The average molecular weight is 298 g/mol. The molecule has 0 aliphatic rings. The summed E-state index contributed by atoms with van der Waals surface area (Å²) < 4.78 is 10.6. The zero-order valence-corrected chi connectivity index (χ0v) is 12.4. The van der Waals surface area contributed by atoms with Crippen molar-refractivity contribution in [3.05, 3.63) is 71.8 Å². The first-order valence-electron chi connectivity index (χ1n) is 7.22. The van der Waals surface area contributed by atoms with Gasteiger partial charge in [-0.1, -0.05) is 43.3 Å². The fourth-order valence-electron chi connectivity index (χ4n) is 1.90. The van der Waals surface area contributed by atoms with E-state index in [1.165, 1.54) is 0 Å². The predicted molar refractivity (Wildman–Crippen MR) is 82.4 cm³/mol. The molecule has 2 aromatic carbocycles. The van der Waals surface area contributed by atoms with Crippen molar-refractivity contribution in [2.24, 2.45) is 0 Å². The lowest BCUT2D eigenvalue weighted by molar-refractivity contribution is -0.0830. The maximum Gasteiger partial charge on any atom is 0.341 e. The van der Waals surface area contributed by atoms with E-state index in [0.29, 0.717) is 17.5 Å². The first-order valence-corrected chi connectivity index (χ1v) is 7.22. The zero-order chi connectivity index (χ0) is 15.8. The van der Waals surface area contributed by atoms with E-state index in [1.807, 2.05) is 19.1 Å². The molecule has 0 aliphatic carbocycles. The van der Waals surface area contributed by atoms with Crippen LogP contribution >= 0.6 is 0 Å². The van der Waals surface area contributed by atoms with Gasteiger partial charge in [-0.3, -0.25) is 0 Å². The van der Waals surface area contributed by atoms with Gasteiger partial charge >= 0.3 is 11.9 Å². The van der Waals surface area contributed by atoms with Crippen molar-refractivity contribution in [2.45, 2.75) is 26.1 Å². The summed E-state index contributed by atoms with van der Waals surface area (Å²) in [5.74, 6) is -1.00. The van der Waals surface area contributed by atoms with Gasteiger partial charge in [-0.2, -0.15) is 0 Å². The Morgan fingerprint density at radius 2 is 1.23 bits per heavy atom. The van der Waals surface area contributed by atoms with E-state index in [2.05, 4.69) is 0 Å². The molecule has 0 radical (unpaired) electrons. The summed E-state index contributed by atoms with van der Waals surface area (Å²) in [7, 11) is 0. The van der Waals surface area contributed by atoms with Crippen LogP contribution in [0.5, 0.6) is 0 Å². The van der Waals surface area contributed by atoms with Crippen molar-refractivity contribution >= 4 is 11.9 Å². The molecular formula is C18H18O4. The molecule has 0 unspecified atom stereocenters. The van der Waals surface area contributed by atoms with Crippen LogP contribution in [-0.4, -0.2) is 18.2 Å². The fraction of sp³-hybridized carbons (Fsp3) is 0.222. The zero-order valence-electron chi connectivity index (χ0n) is 12.4. The molecule has 2 aromatic rings. The summed E-state index contributed by atoms with van der Waals surface area (Å²) in [5.41, 5.74) is 0.860. The molecule has 0 fully saturated rings. The molecule has 4 nitrogen and oxygen atoms in total. The number of hydrogen-bond acceptors (Lipinski definition) is 4. The Morgan fingerprint density at radius 1 is 0.818 bits per heavy atom. The Hall–Kier alpha value is -2.62. The minimum Gasteiger partial charge on any atom is -0.422 e. The Balaban J connectivity index is 2.01. The minimum absolute atomic E-state index is 0.430. The number of carbonyl (C=O) groups excluding carboxylic acids is 2. The van der Waals surface area contributed by atoms with Crippen LogP contribution in [0.1, 0.15) is 40.5 Å². The second-order valence-corrected chi connectivity index (χ2v) is 4.76. The van der Waals surface area contributed by atoms with Gasteiger partial charge in [-0.25, -0.2) is 9.59 Å². The van der Waals surface area contributed by atoms with Crippen molar-refractivity contribution in [3.8, 4) is 0 Å². The summed E-state index contributed by atoms with van der Waals surface area (Å²) >= 11 is 0. The van der Waals surface area contributed by atoms with Gasteiger partial charge < -0.3 is 9.47 Å². The lowest BCUT2D eigenvalue weighted by Gasteiger charge is -2.17. The van der Waals surface area contributed by atoms with Gasteiger partial charge in [0, 0.05) is 6.42 Å². The number of rotatable bonds is 6. The van der Waals surface area contributed by atoms with Crippen LogP contribution in [0.25, 0.3) is 0 Å². The van der Waals surface area contributed by atoms with Crippen molar-refractivity contribution in [1.82, 2.24) is 0 Å². The van der Waals surface area contributed by atoms with Gasteiger partial charge in [0.2, 0.25) is 6.29 Å². The molecule has 0 heterocycles. The molecule has 114 valence electrons. The van der Waals surface area contributed by atoms with Crippen LogP contribution in [0.2, 0.25) is 0 Å². The van der Waals surface area contributed by atoms with Crippen molar-refractivity contribution < 1.29 is 19.1 Å². The van der Waals surface area contributed by atoms with E-state index in [-0.39, 0.29) is 0 Å². The molecule has 4 heteroatoms. The third-order valence-corrected chi connectivity index (χ3v) is 3.02. The normalized spacial score (nSPS) is 10.3. The van der Waals surface area contributed by atoms with E-state index in [4.69, 9.17) is 9.47 Å². The minimum atomic E-state index is -0.884. The lowest BCUT2D eigenvalue weighted by Crippen LogP contribution is -2.24. The Morgan fingerprint density at radius 3 is 1.59 bits per heavy atom. The van der Waals surface area contributed by atoms with E-state index < -0.39 is 18.2 Å². The summed E-state index contributed by atoms with van der Waals surface area (Å²) in [6, 6.07) is 17.3. The lowest BCUT2D eigenvalue weighted by atomic mass is 10.2. The van der Waals surface area contributed by atoms with Crippen LogP contribution in [0.15, 0.2) is 60.7 Å². The van der Waals surface area contributed by atoms with Gasteiger partial charge in [0.1, 0.15) is 0 Å². The van der Waals surface area contributed by atoms with Crippen molar-refractivity contribution in [2.75, 3.05) is 0 Å². The van der Waals surface area contributed by atoms with Gasteiger partial charge in [-0.05, 0) is 30.7 Å². The molecule has 0 bridgehead atoms. The van der Waals surface area contributed by atoms with Crippen LogP contribution in [0, 0.1) is 0 Å². The summed E-state index contributed by atoms with van der Waals surface area (Å²) in [6.45, 7) is 1.93. The first kappa shape index (κ1) is 15.8. The van der Waals surface area contributed by atoms with E-state index >= 15 is 0 Å². The van der Waals surface area contributed by atoms with Gasteiger partial charge in [0.15, 0.2) is 0 Å². The molecule has 0 aliphatic heterocycles. The quantitative estimate of drug-likeness (QED) is 0.601. The van der Waals surface area contributed by atoms with Crippen LogP contribution in [0.4, 0.5) is 0 Å². The Kier molecular flexibility index (Phi) is 5.72. The SMILES string of the molecule is CCCC(OC(=O)c1ccccc1)OC(=O)c1ccccc1. The number of benzene rings is 2. The first-order chi connectivity index (χ1) is 10.7. The average Bonchev–Trinajstić information content (AvgIpc) is 2.56. The molecule has 22 heavy (non-hydrogen) atoms. The van der Waals surface area contributed by atoms with Crippen LogP contribution in [-0.2, 0) is 9.47 Å². The molecular weight excluding hydrogens is 280 g/mol. The van der Waals surface area contributed by atoms with E-state index in [0.717, 1.165) is 6.42 Å². The van der Waals surface area contributed by atoms with Gasteiger partial charge in [0.25, 0.3) is 0 Å². The van der Waals surface area contributed by atoms with Gasteiger partial charge in [0.05, 0.1) is 11.1 Å². The van der Waals surface area contributed by atoms with E-state index in [1.54, 1.807) is 48.5 Å². The predicted octanol–water partition coefficient (Wildman–Crippen LogP) is 3.83. The third-order valence-electron chi connectivity index (χ3n) is 3.02. The van der Waals surface area contributed by atoms with E-state index in [9.17, 15) is 9.59 Å². The largest absolute Gasteiger partial charge is 0.422 e. The van der Waals surface area contributed by atoms with Crippen LogP contribution < -0.4 is 0 Å². The maximum absolute atomic E-state index is 12.0. The highest BCUT2D eigenvalue weighted by Gasteiger charge is 2.20. The molecule has 0 saturated carbocycles. The van der Waals surface area contributed by atoms with Crippen molar-refractivity contribution in [3.63, 3.8) is 0 Å². The molecule has 0 spiro atoms. The second kappa shape index (κ2) is 7.98. The monoisotopic (exact) mass is 298 g/mol. The van der Waals surface area contributed by atoms with Crippen molar-refractivity contribution in [1.29, 1.82) is 0 Å². The highest BCUT2D eigenvalue weighted by Crippen LogP contribution is 2.12. The summed E-state index contributed by atoms with van der Waals surface area (Å²) in [6.07, 6.45) is 0.303. The Bertz CT molecular complexity index is 554. The highest BCUT2D eigenvalue weighted by molar-refractivity contribution is 5.90. The summed E-state index contributed by atoms with van der Waals surface area (Å²) in [5, 5.41) is 0. The molecule has 0 saturated heterocycles. The standard InChI is InChI=1S/C18H18O4/c1-2-9-16(21-17(19)14-10-5-3-6-11-14)22-18(20)15-12-7-4-8-13-15/h3-8,10-13,16H,2,9H2,1H3. The topological polar surface area (TPSA) is 52.6 Å². The number of esters is 2. The smallest absolute Gasteiger partial charge is 0.341 e. The Labute approximate surface area is 129 Å². The molecule has 2 rings (SSSR count). The third kappa shape index (κ3) is 4.45.